The van der Waals surface area contributed by atoms with Crippen molar-refractivity contribution in [1.82, 2.24) is 9.55 Å². The molecule has 4 heterocycles. The summed E-state index contributed by atoms with van der Waals surface area (Å²) in [7, 11) is -10.8. The van der Waals surface area contributed by atoms with Gasteiger partial charge in [0.15, 0.2) is 12.5 Å². The summed E-state index contributed by atoms with van der Waals surface area (Å²) in [6.07, 6.45) is -20.8. The minimum Gasteiger partial charge on any atom is -0.756 e. The third kappa shape index (κ3) is 11.5. The van der Waals surface area contributed by atoms with Crippen LogP contribution in [0.15, 0.2) is 21.9 Å². The van der Waals surface area contributed by atoms with Crippen LogP contribution in [0.25, 0.3) is 0 Å². The molecule has 3 aliphatic heterocycles. The summed E-state index contributed by atoms with van der Waals surface area (Å²) in [5, 5.41) is 93.1. The monoisotopic (exact) mass is 828 g/mol. The first-order chi connectivity index (χ1) is 23.8. The van der Waals surface area contributed by atoms with Crippen LogP contribution in [0.1, 0.15) is 19.1 Å². The third-order valence-electron chi connectivity index (χ3n) is 8.84. The molecule has 0 spiro atoms. The van der Waals surface area contributed by atoms with Gasteiger partial charge in [-0.05, 0) is 12.8 Å². The van der Waals surface area contributed by atoms with Crippen molar-refractivity contribution < 1.29 is 156 Å². The van der Waals surface area contributed by atoms with Gasteiger partial charge in [-0.25, -0.2) is 9.11 Å². The van der Waals surface area contributed by atoms with Gasteiger partial charge in [0.05, 0.1) is 32.5 Å². The van der Waals surface area contributed by atoms with Gasteiger partial charge >= 0.3 is 64.8 Å². The topological polar surface area (TPSA) is 382 Å². The minimum absolute atomic E-state index is 0. The van der Waals surface area contributed by atoms with Crippen molar-refractivity contribution in [3.05, 3.63) is 33.1 Å². The van der Waals surface area contributed by atoms with Crippen molar-refractivity contribution in [2.45, 2.75) is 92.0 Å². The number of phosphoric acid groups is 2. The average molecular weight is 829 g/mol. The minimum atomic E-state index is -6.03. The largest absolute Gasteiger partial charge is 1.00 e. The molecule has 0 aliphatic carbocycles. The van der Waals surface area contributed by atoms with Crippen LogP contribution in [0, 0.1) is 5.92 Å². The number of methoxy groups -OCH3 is 1. The van der Waals surface area contributed by atoms with E-state index >= 15 is 0 Å². The van der Waals surface area contributed by atoms with E-state index in [9.17, 15) is 74.5 Å². The molecular formula is C25H40N2Na2O22P2. The molecule has 28 heteroatoms. The number of rotatable bonds is 15. The van der Waals surface area contributed by atoms with Crippen LogP contribution in [0.4, 0.5) is 0 Å². The molecule has 53 heavy (non-hydrogen) atoms. The molecule has 0 aromatic carbocycles. The number of ether oxygens (including phenoxy) is 4. The molecular weight excluding hydrogens is 788 g/mol. The molecule has 1 aromatic heterocycles. The van der Waals surface area contributed by atoms with Gasteiger partial charge in [0.1, 0.15) is 60.5 Å². The fraction of sp³-hybridized carbons (Fsp3) is 0.840. The van der Waals surface area contributed by atoms with Gasteiger partial charge in [-0.1, -0.05) is 0 Å². The van der Waals surface area contributed by atoms with E-state index in [1.165, 1.54) is 0 Å². The molecule has 4 rings (SSSR count). The van der Waals surface area contributed by atoms with Crippen LogP contribution < -0.4 is 80.2 Å². The Balaban J connectivity index is 0.00000486. The number of aromatic amines is 1. The second kappa shape index (κ2) is 20.4. The maximum absolute atomic E-state index is 12.7. The van der Waals surface area contributed by atoms with Gasteiger partial charge < -0.3 is 83.7 Å². The number of aliphatic hydroxyl groups is 9. The van der Waals surface area contributed by atoms with E-state index < -0.39 is 151 Å². The van der Waals surface area contributed by atoms with Gasteiger partial charge in [-0.2, -0.15) is 0 Å². The Hall–Kier alpha value is 0.420. The van der Waals surface area contributed by atoms with Crippen LogP contribution in [0.2, 0.25) is 0 Å². The average Bonchev–Trinajstić information content (AvgIpc) is 3.35. The Kier molecular flexibility index (Phi) is 19.1. The molecule has 3 aliphatic rings. The molecule has 0 bridgehead atoms. The van der Waals surface area contributed by atoms with Crippen molar-refractivity contribution in [2.75, 3.05) is 33.5 Å². The summed E-state index contributed by atoms with van der Waals surface area (Å²) in [5.74, 6) is -1.22. The molecule has 1 aromatic rings. The van der Waals surface area contributed by atoms with Crippen LogP contribution in [-0.4, -0.2) is 162 Å². The number of aliphatic hydroxyl groups excluding tert-OH is 9. The zero-order chi connectivity index (χ0) is 38.1. The van der Waals surface area contributed by atoms with Gasteiger partial charge in [0.2, 0.25) is 0 Å². The summed E-state index contributed by atoms with van der Waals surface area (Å²) in [6.45, 7) is -4.22. The van der Waals surface area contributed by atoms with Crippen LogP contribution in [0.5, 0.6) is 0 Å². The number of nitrogens with zero attached hydrogens (tertiary/aromatic N) is 1. The molecule has 16 atom stereocenters. The summed E-state index contributed by atoms with van der Waals surface area (Å²) in [5.41, 5.74) is -4.25. The second-order valence-corrected chi connectivity index (χ2v) is 15.0. The normalized spacial score (nSPS) is 39.7. The number of hydrogen-bond acceptors (Lipinski definition) is 22. The van der Waals surface area contributed by atoms with Crippen LogP contribution in [-0.2, 0) is 41.4 Å². The summed E-state index contributed by atoms with van der Waals surface area (Å²) in [4.78, 5) is 50.5. The second-order valence-electron chi connectivity index (χ2n) is 12.1. The van der Waals surface area contributed by atoms with E-state index in [-0.39, 0.29) is 59.1 Å². The fourth-order valence-corrected chi connectivity index (χ4v) is 8.12. The summed E-state index contributed by atoms with van der Waals surface area (Å²) >= 11 is 0. The van der Waals surface area contributed by atoms with Gasteiger partial charge in [-0.3, -0.25) is 23.5 Å². The smallest absolute Gasteiger partial charge is 0.756 e. The first-order valence-corrected chi connectivity index (χ1v) is 18.2. The molecule has 0 radical (unpaired) electrons. The van der Waals surface area contributed by atoms with Crippen molar-refractivity contribution in [3.63, 3.8) is 0 Å². The molecule has 2 unspecified atom stereocenters. The van der Waals surface area contributed by atoms with Gasteiger partial charge in [0.25, 0.3) is 21.2 Å². The van der Waals surface area contributed by atoms with Gasteiger partial charge in [0, 0.05) is 25.3 Å². The Morgan fingerprint density at radius 2 is 1.45 bits per heavy atom. The number of phosphoric ester groups is 2. The molecule has 294 valence electrons. The Labute approximate surface area is 344 Å². The summed E-state index contributed by atoms with van der Waals surface area (Å²) in [6, 6.07) is 0.897. The first-order valence-electron chi connectivity index (χ1n) is 15.2. The van der Waals surface area contributed by atoms with E-state index in [1.807, 2.05) is 4.98 Å². The molecule has 0 saturated carbocycles. The van der Waals surface area contributed by atoms with E-state index in [2.05, 4.69) is 8.83 Å². The predicted octanol–water partition coefficient (Wildman–Crippen LogP) is -13.2. The molecule has 3 fully saturated rings. The standard InChI is InChI=1S/C25H42N2O22P2.2Na/c1-43-23-16(32)10(15(31)11(6-28)47-23)2-4-25(21(37)19(35)17(33)12(7-29)48-25)9-45-51(41,42)49-50(39,40)44-8-13-18(34)20(36)22(46-13)27-5-3-14(30)26-24(27)38;;/h3,5,10-13,15-23,28-29,31-37H,2,4,6-9H2,1H3,(H,39,40)(H,41,42)(H,26,30,38);;/q;2*+1/p-2/t10-,11+,12+,13+,15+,16+,17-,18+,19-,20+,21+,22+,23+,25+;;/m0../s1. The molecule has 3 saturated heterocycles. The Morgan fingerprint density at radius 1 is 0.849 bits per heavy atom. The first kappa shape index (κ1) is 49.6. The van der Waals surface area contributed by atoms with Crippen LogP contribution in [0.3, 0.4) is 0 Å². The number of nitrogens with one attached hydrogen (secondary N) is 1. The van der Waals surface area contributed by atoms with E-state index in [1.54, 1.807) is 0 Å². The quantitative estimate of drug-likeness (QED) is 0.0579. The third-order valence-corrected chi connectivity index (χ3v) is 11.4. The predicted molar refractivity (Wildman–Crippen MR) is 156 cm³/mol. The fourth-order valence-electron chi connectivity index (χ4n) is 6.06. The number of H-pyrrole nitrogens is 1. The maximum atomic E-state index is 12.7. The van der Waals surface area contributed by atoms with E-state index in [0.29, 0.717) is 4.57 Å². The van der Waals surface area contributed by atoms with Crippen molar-refractivity contribution in [3.8, 4) is 0 Å². The zero-order valence-electron chi connectivity index (χ0n) is 28.6. The number of aromatic nitrogens is 2. The van der Waals surface area contributed by atoms with E-state index in [0.717, 1.165) is 19.4 Å². The van der Waals surface area contributed by atoms with Crippen molar-refractivity contribution >= 4 is 15.6 Å². The van der Waals surface area contributed by atoms with Crippen LogP contribution >= 0.6 is 15.6 Å². The molecule has 0 amide bonds. The summed E-state index contributed by atoms with van der Waals surface area (Å²) < 4.78 is 60.3. The Bertz CT molecular complexity index is 1520. The molecule has 10 N–H and O–H groups in total. The number of hydrogen-bond donors (Lipinski definition) is 10. The molecule has 24 nitrogen and oxygen atoms in total. The van der Waals surface area contributed by atoms with E-state index in [4.69, 9.17) is 23.5 Å². The van der Waals surface area contributed by atoms with Gasteiger partial charge in [-0.15, -0.1) is 0 Å². The van der Waals surface area contributed by atoms with Crippen molar-refractivity contribution in [1.29, 1.82) is 0 Å². The Morgan fingerprint density at radius 3 is 2.04 bits per heavy atom. The van der Waals surface area contributed by atoms with Crippen molar-refractivity contribution in [2.24, 2.45) is 5.92 Å². The zero-order valence-corrected chi connectivity index (χ0v) is 34.4. The SMILES string of the molecule is CO[C@@H]1O[C@H](CO)[C@H](O)[C@H](CC[C@]2(COP(=O)([O-])OP(=O)([O-])OC[C@H]3O[C@@H](n4ccc(=O)[nH]c4=O)[C@H](O)[C@@H]3O)O[C@H](CO)[C@H](O)[C@H](O)[C@H]2O)[C@H]1O.[Na+].[Na+]. The maximum Gasteiger partial charge on any atom is 1.00 e.